The van der Waals surface area contributed by atoms with Gasteiger partial charge in [0.25, 0.3) is 5.91 Å². The lowest BCUT2D eigenvalue weighted by molar-refractivity contribution is -0.380. The van der Waals surface area contributed by atoms with E-state index >= 15 is 0 Å². The molecule has 2 aromatic heterocycles. The van der Waals surface area contributed by atoms with Crippen LogP contribution in [0, 0.1) is 15.9 Å². The lowest BCUT2D eigenvalue weighted by Crippen LogP contribution is -2.25. The largest absolute Gasteiger partial charge is 0.324 e. The van der Waals surface area contributed by atoms with Gasteiger partial charge in [-0.15, -0.1) is 0 Å². The molecule has 0 aliphatic heterocycles. The quantitative estimate of drug-likeness (QED) is 0.253. The fraction of sp³-hybridized carbons (Fsp3) is 0. The first-order valence-electron chi connectivity index (χ1n) is 8.25. The number of thiophene rings is 1. The van der Waals surface area contributed by atoms with Crippen LogP contribution in [0.2, 0.25) is 0 Å². The summed E-state index contributed by atoms with van der Waals surface area (Å²) in [4.78, 5) is 28.3. The van der Waals surface area contributed by atoms with Crippen molar-refractivity contribution in [1.82, 2.24) is 4.98 Å². The van der Waals surface area contributed by atoms with Crippen LogP contribution in [-0.2, 0) is 0 Å². The summed E-state index contributed by atoms with van der Waals surface area (Å²) >= 11 is 2.06. The molecule has 0 saturated heterocycles. The second kappa shape index (κ2) is 7.86. The van der Waals surface area contributed by atoms with Gasteiger partial charge in [-0.2, -0.15) is 10.1 Å². The molecule has 0 aliphatic rings. The molecule has 0 fully saturated rings. The van der Waals surface area contributed by atoms with Gasteiger partial charge in [-0.1, -0.05) is 40.9 Å². The first-order chi connectivity index (χ1) is 14.0. The van der Waals surface area contributed by atoms with Crippen LogP contribution in [0.15, 0.2) is 65.8 Å². The zero-order valence-corrected chi connectivity index (χ0v) is 16.2. The van der Waals surface area contributed by atoms with Crippen molar-refractivity contribution >= 4 is 55.1 Å². The van der Waals surface area contributed by atoms with Gasteiger partial charge < -0.3 is 0 Å². The summed E-state index contributed by atoms with van der Waals surface area (Å²) in [7, 11) is 0. The third-order valence-corrected chi connectivity index (χ3v) is 5.79. The molecule has 0 aliphatic carbocycles. The van der Waals surface area contributed by atoms with Crippen LogP contribution in [0.1, 0.15) is 15.2 Å². The number of thiazole rings is 1. The van der Waals surface area contributed by atoms with Crippen LogP contribution in [0.25, 0.3) is 10.2 Å². The van der Waals surface area contributed by atoms with Crippen LogP contribution in [-0.4, -0.2) is 22.0 Å². The number of hydrogen-bond donors (Lipinski definition) is 0. The number of nitro groups is 1. The molecule has 0 N–H and O–H groups in total. The van der Waals surface area contributed by atoms with E-state index in [0.717, 1.165) is 27.7 Å². The molecule has 2 aromatic carbocycles. The summed E-state index contributed by atoms with van der Waals surface area (Å²) in [5, 5.41) is 16.4. The minimum absolute atomic E-state index is 0.0251. The topological polar surface area (TPSA) is 88.7 Å². The summed E-state index contributed by atoms with van der Waals surface area (Å²) in [5.41, 5.74) is 0.937. The number of carbonyl (C=O) groups is 1. The average Bonchev–Trinajstić information content (AvgIpc) is 3.35. The molecule has 29 heavy (non-hydrogen) atoms. The van der Waals surface area contributed by atoms with Crippen molar-refractivity contribution in [3.63, 3.8) is 0 Å². The minimum atomic E-state index is -0.489. The molecule has 4 aromatic rings. The normalized spacial score (nSPS) is 11.2. The zero-order valence-electron chi connectivity index (χ0n) is 14.6. The zero-order chi connectivity index (χ0) is 20.4. The third kappa shape index (κ3) is 4.03. The molecular weight excluding hydrogens is 415 g/mol. The van der Waals surface area contributed by atoms with Gasteiger partial charge in [0.05, 0.1) is 26.2 Å². The van der Waals surface area contributed by atoms with Crippen molar-refractivity contribution in [1.29, 1.82) is 0 Å². The van der Waals surface area contributed by atoms with Crippen molar-refractivity contribution in [2.45, 2.75) is 0 Å². The first kappa shape index (κ1) is 18.8. The van der Waals surface area contributed by atoms with Gasteiger partial charge >= 0.3 is 5.00 Å². The van der Waals surface area contributed by atoms with Crippen molar-refractivity contribution in [3.05, 3.63) is 87.0 Å². The highest BCUT2D eigenvalue weighted by Gasteiger charge is 2.21. The minimum Gasteiger partial charge on any atom is -0.267 e. The maximum Gasteiger partial charge on any atom is 0.324 e. The predicted molar refractivity (Wildman–Crippen MR) is 111 cm³/mol. The molecule has 0 atom stereocenters. The molecular formula is C19H11FN4O3S2. The van der Waals surface area contributed by atoms with E-state index < -0.39 is 16.6 Å². The number of amides is 1. The van der Waals surface area contributed by atoms with Crippen LogP contribution >= 0.6 is 22.7 Å². The fourth-order valence-corrected chi connectivity index (χ4v) is 4.13. The molecule has 0 unspecified atom stereocenters. The van der Waals surface area contributed by atoms with E-state index in [1.54, 1.807) is 36.4 Å². The number of hydrazone groups is 1. The smallest absolute Gasteiger partial charge is 0.267 e. The Labute approximate surface area is 171 Å². The van der Waals surface area contributed by atoms with E-state index in [1.807, 2.05) is 0 Å². The van der Waals surface area contributed by atoms with E-state index in [-0.39, 0.29) is 10.1 Å². The lowest BCUT2D eigenvalue weighted by atomic mass is 10.2. The van der Waals surface area contributed by atoms with Gasteiger partial charge in [0, 0.05) is 11.6 Å². The monoisotopic (exact) mass is 426 g/mol. The number of benzene rings is 2. The summed E-state index contributed by atoms with van der Waals surface area (Å²) in [5.74, 6) is -0.824. The fourth-order valence-electron chi connectivity index (χ4n) is 2.49. The molecule has 0 spiro atoms. The van der Waals surface area contributed by atoms with Gasteiger partial charge in [-0.05, 0) is 36.4 Å². The lowest BCUT2D eigenvalue weighted by Gasteiger charge is -2.13. The van der Waals surface area contributed by atoms with Gasteiger partial charge in [0.15, 0.2) is 0 Å². The van der Waals surface area contributed by atoms with Crippen LogP contribution in [0.3, 0.4) is 0 Å². The molecule has 0 bridgehead atoms. The van der Waals surface area contributed by atoms with Crippen molar-refractivity contribution in [2.24, 2.45) is 5.10 Å². The molecule has 10 heteroatoms. The highest BCUT2D eigenvalue weighted by Crippen LogP contribution is 2.31. The Morgan fingerprint density at radius 1 is 1.14 bits per heavy atom. The van der Waals surface area contributed by atoms with Gasteiger partial charge in [-0.3, -0.25) is 14.9 Å². The first-order valence-corrected chi connectivity index (χ1v) is 9.88. The van der Waals surface area contributed by atoms with Gasteiger partial charge in [0.1, 0.15) is 5.82 Å². The Bertz CT molecular complexity index is 1240. The van der Waals surface area contributed by atoms with Crippen LogP contribution in [0.4, 0.5) is 14.5 Å². The van der Waals surface area contributed by atoms with Crippen LogP contribution in [0.5, 0.6) is 0 Å². The van der Waals surface area contributed by atoms with E-state index in [4.69, 9.17) is 0 Å². The number of hydrogen-bond acceptors (Lipinski definition) is 7. The summed E-state index contributed by atoms with van der Waals surface area (Å²) < 4.78 is 14.1. The van der Waals surface area contributed by atoms with E-state index in [2.05, 4.69) is 10.1 Å². The maximum atomic E-state index is 13.5. The summed E-state index contributed by atoms with van der Waals surface area (Å²) in [6.07, 6.45) is 1.37. The number of nitrogens with zero attached hydrogens (tertiary/aromatic N) is 4. The van der Waals surface area contributed by atoms with Crippen LogP contribution < -0.4 is 5.01 Å². The molecule has 4 rings (SSSR count). The Morgan fingerprint density at radius 3 is 2.66 bits per heavy atom. The highest BCUT2D eigenvalue weighted by atomic mass is 32.1. The van der Waals surface area contributed by atoms with Crippen molar-refractivity contribution in [2.75, 3.05) is 5.01 Å². The van der Waals surface area contributed by atoms with Crippen molar-refractivity contribution < 1.29 is 14.1 Å². The number of fused-ring (bicyclic) bond motifs is 1. The third-order valence-electron chi connectivity index (χ3n) is 3.83. The second-order valence-electron chi connectivity index (χ2n) is 5.77. The number of halogens is 1. The second-order valence-corrected chi connectivity index (χ2v) is 7.87. The Hall–Kier alpha value is -3.50. The standard InChI is InChI=1S/C19H11FN4O3S2/c20-13-6-8-15-16(10-13)29-19(22-15)23(18(25)12-4-2-1-3-5-12)21-11-14-7-9-17(28-14)24(26)27/h1-11H/b21-11+. The molecule has 0 saturated carbocycles. The van der Waals surface area contributed by atoms with Crippen molar-refractivity contribution in [3.8, 4) is 0 Å². The summed E-state index contributed by atoms with van der Waals surface area (Å²) in [6, 6.07) is 15.6. The average molecular weight is 426 g/mol. The molecule has 0 radical (unpaired) electrons. The number of rotatable bonds is 5. The number of carbonyl (C=O) groups excluding carboxylic acids is 1. The van der Waals surface area contributed by atoms with Gasteiger partial charge in [0.2, 0.25) is 5.13 Å². The Morgan fingerprint density at radius 2 is 1.93 bits per heavy atom. The maximum absolute atomic E-state index is 13.5. The summed E-state index contributed by atoms with van der Waals surface area (Å²) in [6.45, 7) is 0. The van der Waals surface area contributed by atoms with E-state index in [9.17, 15) is 19.3 Å². The van der Waals surface area contributed by atoms with E-state index in [0.29, 0.717) is 20.7 Å². The molecule has 2 heterocycles. The Kier molecular flexibility index (Phi) is 5.10. The van der Waals surface area contributed by atoms with E-state index in [1.165, 1.54) is 30.5 Å². The van der Waals surface area contributed by atoms with Gasteiger partial charge in [-0.25, -0.2) is 9.37 Å². The Balaban J connectivity index is 1.74. The highest BCUT2D eigenvalue weighted by molar-refractivity contribution is 7.22. The number of aromatic nitrogens is 1. The molecule has 7 nitrogen and oxygen atoms in total. The molecule has 1 amide bonds. The molecule has 144 valence electrons. The predicted octanol–water partition coefficient (Wildman–Crippen LogP) is 5.09. The number of anilines is 1. The SMILES string of the molecule is O=C(c1ccccc1)N(/N=C/c1ccc([N+](=O)[O-])s1)c1nc2ccc(F)cc2s1.